The van der Waals surface area contributed by atoms with Crippen molar-refractivity contribution in [1.29, 1.82) is 5.26 Å². The van der Waals surface area contributed by atoms with Gasteiger partial charge in [0.1, 0.15) is 11.8 Å². The van der Waals surface area contributed by atoms with Crippen LogP contribution < -0.4 is 10.1 Å². The van der Waals surface area contributed by atoms with Crippen molar-refractivity contribution in [2.75, 3.05) is 12.4 Å². The van der Waals surface area contributed by atoms with Crippen LogP contribution in [0.1, 0.15) is 11.3 Å². The first-order valence-electron chi connectivity index (χ1n) is 6.85. The van der Waals surface area contributed by atoms with E-state index in [1.807, 2.05) is 48.5 Å². The third-order valence-corrected chi connectivity index (χ3v) is 3.42. The maximum atomic E-state index is 9.26. The molecule has 1 heterocycles. The maximum Gasteiger partial charge on any atom is 0.186 e. The third kappa shape index (κ3) is 2.54. The molecule has 5 heteroatoms. The second kappa shape index (κ2) is 6.10. The molecule has 0 saturated carbocycles. The van der Waals surface area contributed by atoms with Gasteiger partial charge in [-0.25, -0.2) is 0 Å². The molecule has 0 spiro atoms. The van der Waals surface area contributed by atoms with Gasteiger partial charge < -0.3 is 10.1 Å². The Balaban J connectivity index is 1.98. The van der Waals surface area contributed by atoms with Crippen molar-refractivity contribution < 1.29 is 4.74 Å². The average molecular weight is 290 g/mol. The van der Waals surface area contributed by atoms with E-state index in [1.54, 1.807) is 7.11 Å². The SMILES string of the molecule is COc1ccccc1CNc1c(C#N)nnc2ccccc12. The van der Waals surface area contributed by atoms with Crippen molar-refractivity contribution in [2.45, 2.75) is 6.54 Å². The van der Waals surface area contributed by atoms with E-state index >= 15 is 0 Å². The van der Waals surface area contributed by atoms with E-state index in [4.69, 9.17) is 4.74 Å². The van der Waals surface area contributed by atoms with Gasteiger partial charge >= 0.3 is 0 Å². The summed E-state index contributed by atoms with van der Waals surface area (Å²) in [5.74, 6) is 0.805. The highest BCUT2D eigenvalue weighted by Gasteiger charge is 2.10. The van der Waals surface area contributed by atoms with Crippen LogP contribution in [-0.2, 0) is 6.54 Å². The zero-order valence-electron chi connectivity index (χ0n) is 12.1. The molecule has 108 valence electrons. The van der Waals surface area contributed by atoms with Crippen LogP contribution in [0.25, 0.3) is 10.9 Å². The number of ether oxygens (including phenoxy) is 1. The number of aromatic nitrogens is 2. The van der Waals surface area contributed by atoms with Gasteiger partial charge in [0, 0.05) is 17.5 Å². The van der Waals surface area contributed by atoms with Gasteiger partial charge in [0.2, 0.25) is 0 Å². The normalized spacial score (nSPS) is 10.2. The zero-order valence-corrected chi connectivity index (χ0v) is 12.1. The number of nitrogens with zero attached hydrogens (tertiary/aromatic N) is 3. The Morgan fingerprint density at radius 2 is 1.86 bits per heavy atom. The highest BCUT2D eigenvalue weighted by atomic mass is 16.5. The Hall–Kier alpha value is -3.13. The van der Waals surface area contributed by atoms with Crippen LogP contribution in [-0.4, -0.2) is 17.3 Å². The molecule has 0 aliphatic heterocycles. The number of anilines is 1. The van der Waals surface area contributed by atoms with Gasteiger partial charge in [-0.15, -0.1) is 10.2 Å². The van der Waals surface area contributed by atoms with Crippen molar-refractivity contribution >= 4 is 16.6 Å². The molecule has 0 fully saturated rings. The summed E-state index contributed by atoms with van der Waals surface area (Å²) in [6, 6.07) is 17.5. The van der Waals surface area contributed by atoms with E-state index in [0.717, 1.165) is 22.2 Å². The van der Waals surface area contributed by atoms with Gasteiger partial charge in [-0.2, -0.15) is 5.26 Å². The molecule has 0 aliphatic rings. The standard InChI is InChI=1S/C17H14N4O/c1-22-16-9-5-2-6-12(16)11-19-17-13-7-3-4-8-14(13)20-21-15(17)10-18/h2-9H,11H2,1H3,(H,19,20). The van der Waals surface area contributed by atoms with E-state index < -0.39 is 0 Å². The molecule has 0 saturated heterocycles. The van der Waals surface area contributed by atoms with E-state index in [-0.39, 0.29) is 5.69 Å². The summed E-state index contributed by atoms with van der Waals surface area (Å²) in [4.78, 5) is 0. The molecule has 1 aromatic heterocycles. The molecule has 0 atom stereocenters. The smallest absolute Gasteiger partial charge is 0.186 e. The Morgan fingerprint density at radius 3 is 2.68 bits per heavy atom. The fraction of sp³-hybridized carbons (Fsp3) is 0.118. The molecule has 0 amide bonds. The predicted octanol–water partition coefficient (Wildman–Crippen LogP) is 3.12. The van der Waals surface area contributed by atoms with Crippen LogP contribution in [0.15, 0.2) is 48.5 Å². The topological polar surface area (TPSA) is 70.8 Å². The molecule has 2 aromatic carbocycles. The largest absolute Gasteiger partial charge is 0.496 e. The van der Waals surface area contributed by atoms with Crippen molar-refractivity contribution in [3.05, 3.63) is 59.8 Å². The van der Waals surface area contributed by atoms with Crippen LogP contribution in [0.2, 0.25) is 0 Å². The highest BCUT2D eigenvalue weighted by molar-refractivity contribution is 5.92. The lowest BCUT2D eigenvalue weighted by Crippen LogP contribution is -2.05. The average Bonchev–Trinajstić information content (AvgIpc) is 2.59. The summed E-state index contributed by atoms with van der Waals surface area (Å²) in [6.45, 7) is 0.536. The van der Waals surface area contributed by atoms with Crippen molar-refractivity contribution in [2.24, 2.45) is 0 Å². The fourth-order valence-corrected chi connectivity index (χ4v) is 2.34. The number of hydrogen-bond acceptors (Lipinski definition) is 5. The van der Waals surface area contributed by atoms with Crippen molar-refractivity contribution in [3.63, 3.8) is 0 Å². The quantitative estimate of drug-likeness (QED) is 0.799. The second-order valence-corrected chi connectivity index (χ2v) is 4.72. The van der Waals surface area contributed by atoms with E-state index in [2.05, 4.69) is 21.6 Å². The minimum absolute atomic E-state index is 0.286. The molecule has 22 heavy (non-hydrogen) atoms. The molecule has 5 nitrogen and oxygen atoms in total. The second-order valence-electron chi connectivity index (χ2n) is 4.72. The first-order valence-corrected chi connectivity index (χ1v) is 6.85. The van der Waals surface area contributed by atoms with Crippen LogP contribution in [0.4, 0.5) is 5.69 Å². The number of nitriles is 1. The molecule has 3 rings (SSSR count). The molecular weight excluding hydrogens is 276 g/mol. The molecule has 0 radical (unpaired) electrons. The maximum absolute atomic E-state index is 9.26. The van der Waals surface area contributed by atoms with Gasteiger partial charge in [-0.1, -0.05) is 36.4 Å². The van der Waals surface area contributed by atoms with Gasteiger partial charge in [-0.05, 0) is 12.1 Å². The van der Waals surface area contributed by atoms with Crippen LogP contribution >= 0.6 is 0 Å². The number of rotatable bonds is 4. The van der Waals surface area contributed by atoms with Gasteiger partial charge in [0.15, 0.2) is 5.69 Å². The Labute approximate surface area is 128 Å². The summed E-state index contributed by atoms with van der Waals surface area (Å²) in [6.07, 6.45) is 0. The number of nitrogens with one attached hydrogen (secondary N) is 1. The summed E-state index contributed by atoms with van der Waals surface area (Å²) >= 11 is 0. The molecule has 0 bridgehead atoms. The highest BCUT2D eigenvalue weighted by Crippen LogP contribution is 2.25. The lowest BCUT2D eigenvalue weighted by atomic mass is 10.1. The van der Waals surface area contributed by atoms with Crippen LogP contribution in [0.5, 0.6) is 5.75 Å². The lowest BCUT2D eigenvalue weighted by Gasteiger charge is -2.12. The minimum Gasteiger partial charge on any atom is -0.496 e. The Morgan fingerprint density at radius 1 is 1.09 bits per heavy atom. The summed E-state index contributed by atoms with van der Waals surface area (Å²) in [7, 11) is 1.64. The molecule has 1 N–H and O–H groups in total. The Kier molecular flexibility index (Phi) is 3.84. The number of fused-ring (bicyclic) bond motifs is 1. The first kappa shape index (κ1) is 13.8. The van der Waals surface area contributed by atoms with Crippen LogP contribution in [0, 0.1) is 11.3 Å². The van der Waals surface area contributed by atoms with Gasteiger partial charge in [0.25, 0.3) is 0 Å². The third-order valence-electron chi connectivity index (χ3n) is 3.42. The van der Waals surface area contributed by atoms with E-state index in [9.17, 15) is 5.26 Å². The summed E-state index contributed by atoms with van der Waals surface area (Å²) in [5, 5.41) is 21.5. The van der Waals surface area contributed by atoms with E-state index in [0.29, 0.717) is 12.2 Å². The lowest BCUT2D eigenvalue weighted by molar-refractivity contribution is 0.410. The molecular formula is C17H14N4O. The van der Waals surface area contributed by atoms with Gasteiger partial charge in [0.05, 0.1) is 18.3 Å². The Bertz CT molecular complexity index is 855. The first-order chi connectivity index (χ1) is 10.8. The van der Waals surface area contributed by atoms with Crippen molar-refractivity contribution in [3.8, 4) is 11.8 Å². The number of methoxy groups -OCH3 is 1. The fourth-order valence-electron chi connectivity index (χ4n) is 2.34. The summed E-state index contributed by atoms with van der Waals surface area (Å²) < 4.78 is 5.34. The zero-order chi connectivity index (χ0) is 15.4. The number of hydrogen-bond donors (Lipinski definition) is 1. The van der Waals surface area contributed by atoms with Gasteiger partial charge in [-0.3, -0.25) is 0 Å². The molecule has 0 aliphatic carbocycles. The number of para-hydroxylation sites is 1. The predicted molar refractivity (Wildman–Crippen MR) is 84.6 cm³/mol. The molecule has 0 unspecified atom stereocenters. The minimum atomic E-state index is 0.286. The monoisotopic (exact) mass is 290 g/mol. The molecule has 3 aromatic rings. The number of benzene rings is 2. The van der Waals surface area contributed by atoms with E-state index in [1.165, 1.54) is 0 Å². The van der Waals surface area contributed by atoms with Crippen molar-refractivity contribution in [1.82, 2.24) is 10.2 Å². The summed E-state index contributed by atoms with van der Waals surface area (Å²) in [5.41, 5.74) is 2.74. The van der Waals surface area contributed by atoms with Crippen LogP contribution in [0.3, 0.4) is 0 Å².